The second-order valence-corrected chi connectivity index (χ2v) is 7.34. The molecule has 28 heavy (non-hydrogen) atoms. The number of hydrogen-bond donors (Lipinski definition) is 0. The lowest BCUT2D eigenvalue weighted by Gasteiger charge is -2.00. The first-order valence-electron chi connectivity index (χ1n) is 8.74. The summed E-state index contributed by atoms with van der Waals surface area (Å²) in [5, 5.41) is 8.78. The van der Waals surface area contributed by atoms with Crippen LogP contribution in [0.4, 0.5) is 0 Å². The van der Waals surface area contributed by atoms with Gasteiger partial charge in [-0.1, -0.05) is 29.0 Å². The number of benzene rings is 2. The quantitative estimate of drug-likeness (QED) is 0.411. The Morgan fingerprint density at radius 1 is 0.929 bits per heavy atom. The first-order chi connectivity index (χ1) is 13.6. The van der Waals surface area contributed by atoms with Gasteiger partial charge in [-0.05, 0) is 50.2 Å². The van der Waals surface area contributed by atoms with Crippen molar-refractivity contribution in [2.45, 2.75) is 24.8 Å². The first kappa shape index (κ1) is 18.3. The van der Waals surface area contributed by atoms with E-state index in [1.807, 2.05) is 50.2 Å². The molecule has 0 bridgehead atoms. The van der Waals surface area contributed by atoms with E-state index in [0.717, 1.165) is 33.7 Å². The fraction of sp³-hybridized carbons (Fsp3) is 0.190. The van der Waals surface area contributed by atoms with Crippen molar-refractivity contribution in [3.63, 3.8) is 0 Å². The summed E-state index contributed by atoms with van der Waals surface area (Å²) in [4.78, 5) is 4.52. The van der Waals surface area contributed by atoms with Crippen molar-refractivity contribution in [3.8, 4) is 28.7 Å². The molecule has 2 heterocycles. The summed E-state index contributed by atoms with van der Waals surface area (Å²) in [6.07, 6.45) is 1.65. The standard InChI is InChI=1S/C21H19N3O3S/c1-13-8-14(2)10-16(9-13)20-23-24-21(27-20)28-12-17-11-26-19(22-17)15-4-6-18(25-3)7-5-15/h4-11H,12H2,1-3H3. The average Bonchev–Trinajstić information content (AvgIpc) is 3.35. The zero-order valence-electron chi connectivity index (χ0n) is 15.8. The van der Waals surface area contributed by atoms with Crippen LogP contribution in [0.25, 0.3) is 22.9 Å². The van der Waals surface area contributed by atoms with Gasteiger partial charge in [-0.2, -0.15) is 0 Å². The molecule has 0 aliphatic heterocycles. The molecule has 0 saturated carbocycles. The lowest BCUT2D eigenvalue weighted by Crippen LogP contribution is -1.84. The van der Waals surface area contributed by atoms with Crippen LogP contribution in [-0.2, 0) is 5.75 Å². The van der Waals surface area contributed by atoms with Crippen molar-refractivity contribution in [2.24, 2.45) is 0 Å². The van der Waals surface area contributed by atoms with Crippen LogP contribution in [0.2, 0.25) is 0 Å². The number of aromatic nitrogens is 3. The molecule has 7 heteroatoms. The van der Waals surface area contributed by atoms with E-state index in [-0.39, 0.29) is 0 Å². The van der Waals surface area contributed by atoms with Gasteiger partial charge in [0.1, 0.15) is 12.0 Å². The Bertz CT molecular complexity index is 1070. The molecule has 142 valence electrons. The topological polar surface area (TPSA) is 74.2 Å². The molecule has 0 radical (unpaired) electrons. The van der Waals surface area contributed by atoms with Crippen LogP contribution in [-0.4, -0.2) is 22.3 Å². The molecule has 2 aromatic carbocycles. The van der Waals surface area contributed by atoms with Gasteiger partial charge in [0.2, 0.25) is 11.8 Å². The van der Waals surface area contributed by atoms with Gasteiger partial charge >= 0.3 is 0 Å². The van der Waals surface area contributed by atoms with Crippen molar-refractivity contribution in [2.75, 3.05) is 7.11 Å². The van der Waals surface area contributed by atoms with Crippen LogP contribution in [0.15, 0.2) is 62.8 Å². The van der Waals surface area contributed by atoms with E-state index in [0.29, 0.717) is 22.8 Å². The van der Waals surface area contributed by atoms with Crippen LogP contribution in [0.3, 0.4) is 0 Å². The zero-order valence-corrected chi connectivity index (χ0v) is 16.6. The monoisotopic (exact) mass is 393 g/mol. The Balaban J connectivity index is 1.42. The number of hydrogen-bond acceptors (Lipinski definition) is 7. The third kappa shape index (κ3) is 4.09. The minimum absolute atomic E-state index is 0.503. The smallest absolute Gasteiger partial charge is 0.277 e. The number of methoxy groups -OCH3 is 1. The van der Waals surface area contributed by atoms with E-state index in [4.69, 9.17) is 13.6 Å². The fourth-order valence-electron chi connectivity index (χ4n) is 2.86. The summed E-state index contributed by atoms with van der Waals surface area (Å²) in [7, 11) is 1.64. The van der Waals surface area contributed by atoms with Crippen molar-refractivity contribution in [3.05, 3.63) is 65.5 Å². The van der Waals surface area contributed by atoms with Gasteiger partial charge in [-0.3, -0.25) is 0 Å². The maximum absolute atomic E-state index is 5.79. The molecule has 0 spiro atoms. The predicted octanol–water partition coefficient (Wildman–Crippen LogP) is 5.31. The van der Waals surface area contributed by atoms with Crippen LogP contribution >= 0.6 is 11.8 Å². The highest BCUT2D eigenvalue weighted by Crippen LogP contribution is 2.28. The van der Waals surface area contributed by atoms with Gasteiger partial charge in [-0.15, -0.1) is 10.2 Å². The number of nitrogens with zero attached hydrogens (tertiary/aromatic N) is 3. The molecule has 6 nitrogen and oxygen atoms in total. The molecular formula is C21H19N3O3S. The minimum Gasteiger partial charge on any atom is -0.497 e. The van der Waals surface area contributed by atoms with E-state index in [1.165, 1.54) is 11.8 Å². The molecule has 0 fully saturated rings. The molecule has 0 aliphatic carbocycles. The fourth-order valence-corrected chi connectivity index (χ4v) is 3.50. The van der Waals surface area contributed by atoms with Gasteiger partial charge in [0, 0.05) is 16.9 Å². The molecule has 0 atom stereocenters. The summed E-state index contributed by atoms with van der Waals surface area (Å²) in [5.41, 5.74) is 4.96. The van der Waals surface area contributed by atoms with Crippen LogP contribution in [0, 0.1) is 13.8 Å². The molecule has 0 saturated heterocycles. The van der Waals surface area contributed by atoms with Crippen molar-refractivity contribution in [1.82, 2.24) is 15.2 Å². The largest absolute Gasteiger partial charge is 0.497 e. The SMILES string of the molecule is COc1ccc(-c2nc(CSc3nnc(-c4cc(C)cc(C)c4)o3)co2)cc1. The Hall–Kier alpha value is -3.06. The molecule has 0 unspecified atom stereocenters. The van der Waals surface area contributed by atoms with Gasteiger partial charge in [0.15, 0.2) is 0 Å². The van der Waals surface area contributed by atoms with Gasteiger partial charge < -0.3 is 13.6 Å². The Morgan fingerprint density at radius 2 is 1.68 bits per heavy atom. The minimum atomic E-state index is 0.503. The van der Waals surface area contributed by atoms with Crippen LogP contribution in [0.1, 0.15) is 16.8 Å². The van der Waals surface area contributed by atoms with Crippen molar-refractivity contribution in [1.29, 1.82) is 0 Å². The second kappa shape index (κ2) is 7.90. The Kier molecular flexibility index (Phi) is 5.16. The van der Waals surface area contributed by atoms with Crippen LogP contribution < -0.4 is 4.74 Å². The average molecular weight is 393 g/mol. The zero-order chi connectivity index (χ0) is 19.5. The molecule has 2 aromatic heterocycles. The lowest BCUT2D eigenvalue weighted by molar-refractivity contribution is 0.415. The first-order valence-corrected chi connectivity index (χ1v) is 9.73. The highest BCUT2D eigenvalue weighted by Gasteiger charge is 2.12. The highest BCUT2D eigenvalue weighted by molar-refractivity contribution is 7.98. The summed E-state index contributed by atoms with van der Waals surface area (Å²) < 4.78 is 16.5. The van der Waals surface area contributed by atoms with Gasteiger partial charge in [-0.25, -0.2) is 4.98 Å². The van der Waals surface area contributed by atoms with Crippen molar-refractivity contribution < 1.29 is 13.6 Å². The third-order valence-electron chi connectivity index (χ3n) is 4.11. The summed E-state index contributed by atoms with van der Waals surface area (Å²) >= 11 is 1.43. The normalized spacial score (nSPS) is 11.0. The van der Waals surface area contributed by atoms with Crippen LogP contribution in [0.5, 0.6) is 5.75 Å². The van der Waals surface area contributed by atoms with E-state index in [9.17, 15) is 0 Å². The van der Waals surface area contributed by atoms with E-state index < -0.39 is 0 Å². The molecule has 4 aromatic rings. The van der Waals surface area contributed by atoms with E-state index in [1.54, 1.807) is 13.4 Å². The molecule has 0 N–H and O–H groups in total. The molecule has 4 rings (SSSR count). The number of thioether (sulfide) groups is 1. The number of rotatable bonds is 6. The Labute approximate surface area is 167 Å². The maximum atomic E-state index is 5.79. The van der Waals surface area contributed by atoms with E-state index in [2.05, 4.69) is 21.2 Å². The molecule has 0 amide bonds. The highest BCUT2D eigenvalue weighted by atomic mass is 32.2. The molecular weight excluding hydrogens is 374 g/mol. The van der Waals surface area contributed by atoms with Gasteiger partial charge in [0.05, 0.1) is 12.8 Å². The summed E-state index contributed by atoms with van der Waals surface area (Å²) in [6.45, 7) is 4.10. The lowest BCUT2D eigenvalue weighted by atomic mass is 10.1. The third-order valence-corrected chi connectivity index (χ3v) is 4.96. The number of aryl methyl sites for hydroxylation is 2. The molecule has 0 aliphatic rings. The number of oxazole rings is 1. The maximum Gasteiger partial charge on any atom is 0.277 e. The van der Waals surface area contributed by atoms with Gasteiger partial charge in [0.25, 0.3) is 5.22 Å². The summed E-state index contributed by atoms with van der Waals surface area (Å²) in [5.74, 6) is 2.46. The van der Waals surface area contributed by atoms with Crippen molar-refractivity contribution >= 4 is 11.8 Å². The number of ether oxygens (including phenoxy) is 1. The second-order valence-electron chi connectivity index (χ2n) is 6.41. The Morgan fingerprint density at radius 3 is 2.39 bits per heavy atom. The summed E-state index contributed by atoms with van der Waals surface area (Å²) in [6, 6.07) is 13.8. The predicted molar refractivity (Wildman–Crippen MR) is 107 cm³/mol. The van der Waals surface area contributed by atoms with E-state index >= 15 is 0 Å².